The van der Waals surface area contributed by atoms with Crippen LogP contribution in [0.25, 0.3) is 0 Å². The third-order valence-corrected chi connectivity index (χ3v) is 3.40. The van der Waals surface area contributed by atoms with Crippen LogP contribution in [0.4, 0.5) is 0 Å². The first-order valence-corrected chi connectivity index (χ1v) is 6.15. The van der Waals surface area contributed by atoms with Crippen LogP contribution in [0.3, 0.4) is 0 Å². The van der Waals surface area contributed by atoms with Crippen molar-refractivity contribution in [2.24, 2.45) is 11.8 Å². The molecule has 18 heavy (non-hydrogen) atoms. The molecule has 0 saturated heterocycles. The van der Waals surface area contributed by atoms with Gasteiger partial charge < -0.3 is 10.4 Å². The van der Waals surface area contributed by atoms with Gasteiger partial charge in [-0.25, -0.2) is 0 Å². The molecule has 0 spiro atoms. The smallest absolute Gasteiger partial charge is 0.306 e. The number of rotatable bonds is 5. The first-order valence-electron chi connectivity index (χ1n) is 6.15. The SMILES string of the molecule is O=C(O)[C@@H]1CC[C@H](C(=O)NCCc2ccn[nH]2)C1. The molecule has 6 nitrogen and oxygen atoms in total. The summed E-state index contributed by atoms with van der Waals surface area (Å²) < 4.78 is 0. The summed E-state index contributed by atoms with van der Waals surface area (Å²) in [6.45, 7) is 0.551. The Bertz CT molecular complexity index is 416. The maximum atomic E-state index is 11.8. The molecule has 1 amide bonds. The van der Waals surface area contributed by atoms with E-state index in [1.54, 1.807) is 6.20 Å². The number of aliphatic carboxylic acids is 1. The van der Waals surface area contributed by atoms with Crippen LogP contribution in [0.1, 0.15) is 25.0 Å². The second-order valence-corrected chi connectivity index (χ2v) is 4.67. The molecule has 1 aliphatic rings. The summed E-state index contributed by atoms with van der Waals surface area (Å²) in [7, 11) is 0. The number of aromatic nitrogens is 2. The summed E-state index contributed by atoms with van der Waals surface area (Å²) in [5, 5.41) is 18.4. The van der Waals surface area contributed by atoms with Crippen molar-refractivity contribution in [3.05, 3.63) is 18.0 Å². The minimum Gasteiger partial charge on any atom is -0.481 e. The molecule has 1 aromatic rings. The Kier molecular flexibility index (Phi) is 3.96. The maximum absolute atomic E-state index is 11.8. The fraction of sp³-hybridized carbons (Fsp3) is 0.583. The fourth-order valence-electron chi connectivity index (χ4n) is 2.33. The molecular formula is C12H17N3O3. The van der Waals surface area contributed by atoms with E-state index in [9.17, 15) is 9.59 Å². The van der Waals surface area contributed by atoms with Crippen molar-refractivity contribution in [1.29, 1.82) is 0 Å². The molecule has 0 unspecified atom stereocenters. The van der Waals surface area contributed by atoms with E-state index in [0.717, 1.165) is 5.69 Å². The third kappa shape index (κ3) is 3.09. The van der Waals surface area contributed by atoms with Gasteiger partial charge in [-0.15, -0.1) is 0 Å². The highest BCUT2D eigenvalue weighted by atomic mass is 16.4. The predicted octanol–water partition coefficient (Wildman–Crippen LogP) is 0.569. The van der Waals surface area contributed by atoms with Gasteiger partial charge in [-0.1, -0.05) is 0 Å². The lowest BCUT2D eigenvalue weighted by molar-refractivity contribution is -0.141. The number of carboxylic acid groups (broad SMARTS) is 1. The second-order valence-electron chi connectivity index (χ2n) is 4.67. The van der Waals surface area contributed by atoms with E-state index in [0.29, 0.717) is 32.2 Å². The molecular weight excluding hydrogens is 234 g/mol. The van der Waals surface area contributed by atoms with Gasteiger partial charge in [-0.3, -0.25) is 14.7 Å². The van der Waals surface area contributed by atoms with Crippen molar-refractivity contribution in [1.82, 2.24) is 15.5 Å². The van der Waals surface area contributed by atoms with Gasteiger partial charge in [0.15, 0.2) is 0 Å². The van der Waals surface area contributed by atoms with Gasteiger partial charge >= 0.3 is 5.97 Å². The summed E-state index contributed by atoms with van der Waals surface area (Å²) in [4.78, 5) is 22.6. The number of carbonyl (C=O) groups is 2. The first-order chi connectivity index (χ1) is 8.66. The Hall–Kier alpha value is -1.85. The predicted molar refractivity (Wildman–Crippen MR) is 63.8 cm³/mol. The Morgan fingerprint density at radius 2 is 2.22 bits per heavy atom. The van der Waals surface area contributed by atoms with E-state index < -0.39 is 5.97 Å². The molecule has 1 fully saturated rings. The van der Waals surface area contributed by atoms with Crippen LogP contribution in [0, 0.1) is 11.8 Å². The van der Waals surface area contributed by atoms with Crippen LogP contribution >= 0.6 is 0 Å². The lowest BCUT2D eigenvalue weighted by Gasteiger charge is -2.10. The van der Waals surface area contributed by atoms with Gasteiger partial charge in [0.1, 0.15) is 0 Å². The standard InChI is InChI=1S/C12H17N3O3/c16-11(8-1-2-9(7-8)12(17)18)13-5-3-10-4-6-14-15-10/h4,6,8-9H,1-3,5,7H2,(H,13,16)(H,14,15)(H,17,18)/t8-,9+/m0/s1. The van der Waals surface area contributed by atoms with E-state index >= 15 is 0 Å². The number of amides is 1. The summed E-state index contributed by atoms with van der Waals surface area (Å²) in [5.74, 6) is -1.32. The van der Waals surface area contributed by atoms with E-state index in [4.69, 9.17) is 5.11 Å². The first kappa shape index (κ1) is 12.6. The normalized spacial score (nSPS) is 22.9. The molecule has 98 valence electrons. The zero-order valence-corrected chi connectivity index (χ0v) is 10.1. The molecule has 2 atom stereocenters. The van der Waals surface area contributed by atoms with Crippen molar-refractivity contribution >= 4 is 11.9 Å². The van der Waals surface area contributed by atoms with Crippen molar-refractivity contribution in [2.75, 3.05) is 6.54 Å². The quantitative estimate of drug-likeness (QED) is 0.713. The Balaban J connectivity index is 1.71. The molecule has 1 aliphatic carbocycles. The van der Waals surface area contributed by atoms with Gasteiger partial charge in [0.2, 0.25) is 5.91 Å². The van der Waals surface area contributed by atoms with Crippen LogP contribution in [-0.2, 0) is 16.0 Å². The Morgan fingerprint density at radius 1 is 1.44 bits per heavy atom. The van der Waals surface area contributed by atoms with E-state index in [-0.39, 0.29) is 17.7 Å². The highest BCUT2D eigenvalue weighted by molar-refractivity contribution is 5.80. The van der Waals surface area contributed by atoms with Crippen molar-refractivity contribution in [3.8, 4) is 0 Å². The lowest BCUT2D eigenvalue weighted by Crippen LogP contribution is -2.31. The van der Waals surface area contributed by atoms with Crippen LogP contribution in [0.5, 0.6) is 0 Å². The number of carboxylic acids is 1. The molecule has 6 heteroatoms. The molecule has 2 rings (SSSR count). The Morgan fingerprint density at radius 3 is 2.83 bits per heavy atom. The van der Waals surface area contributed by atoms with Gasteiger partial charge in [-0.05, 0) is 25.3 Å². The van der Waals surface area contributed by atoms with Gasteiger partial charge in [0.25, 0.3) is 0 Å². The number of carbonyl (C=O) groups excluding carboxylic acids is 1. The molecule has 1 aromatic heterocycles. The van der Waals surface area contributed by atoms with Gasteiger partial charge in [0, 0.05) is 30.8 Å². The second kappa shape index (κ2) is 5.66. The highest BCUT2D eigenvalue weighted by Gasteiger charge is 2.33. The number of H-pyrrole nitrogens is 1. The summed E-state index contributed by atoms with van der Waals surface area (Å²) in [5.41, 5.74) is 0.977. The maximum Gasteiger partial charge on any atom is 0.306 e. The van der Waals surface area contributed by atoms with Crippen LogP contribution in [-0.4, -0.2) is 33.7 Å². The number of nitrogens with one attached hydrogen (secondary N) is 2. The summed E-state index contributed by atoms with van der Waals surface area (Å²) in [6.07, 6.45) is 4.12. The van der Waals surface area contributed by atoms with E-state index in [2.05, 4.69) is 15.5 Å². The number of nitrogens with zero attached hydrogens (tertiary/aromatic N) is 1. The molecule has 1 heterocycles. The Labute approximate surface area is 105 Å². The molecule has 0 aliphatic heterocycles. The summed E-state index contributed by atoms with van der Waals surface area (Å²) >= 11 is 0. The monoisotopic (exact) mass is 251 g/mol. The summed E-state index contributed by atoms with van der Waals surface area (Å²) in [6, 6.07) is 1.86. The van der Waals surface area contributed by atoms with Gasteiger partial charge in [0.05, 0.1) is 5.92 Å². The molecule has 0 radical (unpaired) electrons. The zero-order valence-electron chi connectivity index (χ0n) is 10.1. The molecule has 3 N–H and O–H groups in total. The molecule has 0 bridgehead atoms. The topological polar surface area (TPSA) is 95.1 Å². The molecule has 0 aromatic carbocycles. The number of aromatic amines is 1. The fourth-order valence-corrected chi connectivity index (χ4v) is 2.33. The van der Waals surface area contributed by atoms with Gasteiger partial charge in [-0.2, -0.15) is 5.10 Å². The van der Waals surface area contributed by atoms with Crippen molar-refractivity contribution in [2.45, 2.75) is 25.7 Å². The largest absolute Gasteiger partial charge is 0.481 e. The van der Waals surface area contributed by atoms with E-state index in [1.165, 1.54) is 0 Å². The minimum atomic E-state index is -0.789. The van der Waals surface area contributed by atoms with Crippen LogP contribution in [0.15, 0.2) is 12.3 Å². The minimum absolute atomic E-state index is 0.0294. The average Bonchev–Trinajstić information content (AvgIpc) is 2.99. The number of hydrogen-bond donors (Lipinski definition) is 3. The van der Waals surface area contributed by atoms with Crippen LogP contribution < -0.4 is 5.32 Å². The third-order valence-electron chi connectivity index (χ3n) is 3.40. The average molecular weight is 251 g/mol. The number of hydrogen-bond acceptors (Lipinski definition) is 3. The lowest BCUT2D eigenvalue weighted by atomic mass is 10.0. The van der Waals surface area contributed by atoms with Crippen molar-refractivity contribution < 1.29 is 14.7 Å². The molecule has 1 saturated carbocycles. The zero-order chi connectivity index (χ0) is 13.0. The van der Waals surface area contributed by atoms with Crippen molar-refractivity contribution in [3.63, 3.8) is 0 Å². The highest BCUT2D eigenvalue weighted by Crippen LogP contribution is 2.30. The van der Waals surface area contributed by atoms with E-state index in [1.807, 2.05) is 6.07 Å². The van der Waals surface area contributed by atoms with Crippen LogP contribution in [0.2, 0.25) is 0 Å².